The van der Waals surface area contributed by atoms with E-state index in [9.17, 15) is 0 Å². The molecule has 0 saturated heterocycles. The number of benzene rings is 5. The summed E-state index contributed by atoms with van der Waals surface area (Å²) in [7, 11) is 0. The van der Waals surface area contributed by atoms with Crippen molar-refractivity contribution >= 4 is 62.6 Å². The van der Waals surface area contributed by atoms with Gasteiger partial charge in [0.2, 0.25) is 0 Å². The molecule has 7 aromatic rings. The Morgan fingerprint density at radius 2 is 1.15 bits per heavy atom. The van der Waals surface area contributed by atoms with Gasteiger partial charge in [-0.2, -0.15) is 0 Å². The molecule has 4 unspecified atom stereocenters. The van der Waals surface area contributed by atoms with Crippen molar-refractivity contribution in [2.45, 2.75) is 52.4 Å². The van der Waals surface area contributed by atoms with Crippen LogP contribution in [0.15, 0.2) is 140 Å². The SMILES string of the molecule is Cc1ccc(N2c3nccnc3N(c3ccc(C)cc3C3=CC4(C)C5N(c6ccccc6)c6nc7ccccc7nc6N5c5ccccc5C34C)C2C)cc1. The van der Waals surface area contributed by atoms with E-state index in [0.29, 0.717) is 0 Å². The first-order valence-electron chi connectivity index (χ1n) is 19.1. The second kappa shape index (κ2) is 11.2. The first kappa shape index (κ1) is 31.9. The topological polar surface area (TPSA) is 64.5 Å². The lowest BCUT2D eigenvalue weighted by atomic mass is 9.45. The molecular weight excluding hydrogens is 677 g/mol. The van der Waals surface area contributed by atoms with Gasteiger partial charge in [0.15, 0.2) is 23.3 Å². The fourth-order valence-corrected chi connectivity index (χ4v) is 9.88. The molecule has 5 aromatic carbocycles. The van der Waals surface area contributed by atoms with E-state index in [4.69, 9.17) is 19.9 Å². The molecule has 0 spiro atoms. The zero-order valence-corrected chi connectivity index (χ0v) is 31.5. The van der Waals surface area contributed by atoms with Gasteiger partial charge in [0.05, 0.1) is 16.7 Å². The van der Waals surface area contributed by atoms with Gasteiger partial charge in [-0.1, -0.05) is 97.8 Å². The summed E-state index contributed by atoms with van der Waals surface area (Å²) in [6, 6.07) is 43.4. The maximum absolute atomic E-state index is 5.35. The largest absolute Gasteiger partial charge is 0.302 e. The van der Waals surface area contributed by atoms with E-state index in [2.05, 4.69) is 169 Å². The summed E-state index contributed by atoms with van der Waals surface area (Å²) >= 11 is 0. The molecule has 4 aliphatic rings. The predicted octanol–water partition coefficient (Wildman–Crippen LogP) is 10.7. The highest BCUT2D eigenvalue weighted by atomic mass is 15.5. The minimum atomic E-state index is -0.382. The lowest BCUT2D eigenvalue weighted by Crippen LogP contribution is -2.66. The zero-order chi connectivity index (χ0) is 37.2. The highest BCUT2D eigenvalue weighted by Crippen LogP contribution is 2.71. The first-order valence-corrected chi connectivity index (χ1v) is 19.1. The van der Waals surface area contributed by atoms with Gasteiger partial charge in [-0.3, -0.25) is 0 Å². The van der Waals surface area contributed by atoms with Crippen LogP contribution in [0.25, 0.3) is 16.6 Å². The van der Waals surface area contributed by atoms with Gasteiger partial charge in [-0.25, -0.2) is 19.9 Å². The van der Waals surface area contributed by atoms with Crippen molar-refractivity contribution in [3.63, 3.8) is 0 Å². The molecule has 0 bridgehead atoms. The highest BCUT2D eigenvalue weighted by Gasteiger charge is 2.68. The van der Waals surface area contributed by atoms with Crippen molar-refractivity contribution < 1.29 is 0 Å². The van der Waals surface area contributed by atoms with Gasteiger partial charge in [-0.15, -0.1) is 0 Å². The Bertz CT molecular complexity index is 2730. The zero-order valence-electron chi connectivity index (χ0n) is 31.5. The summed E-state index contributed by atoms with van der Waals surface area (Å²) in [5.41, 5.74) is 11.7. The number of anilines is 8. The second-order valence-corrected chi connectivity index (χ2v) is 15.7. The van der Waals surface area contributed by atoms with Crippen LogP contribution in [0, 0.1) is 19.3 Å². The summed E-state index contributed by atoms with van der Waals surface area (Å²) in [4.78, 5) is 30.2. The fourth-order valence-electron chi connectivity index (χ4n) is 9.88. The van der Waals surface area contributed by atoms with Crippen LogP contribution in [0.4, 0.5) is 46.0 Å². The van der Waals surface area contributed by atoms with Crippen LogP contribution < -0.4 is 19.6 Å². The van der Waals surface area contributed by atoms with Gasteiger partial charge in [0.1, 0.15) is 12.3 Å². The van der Waals surface area contributed by atoms with Gasteiger partial charge >= 0.3 is 0 Å². The number of aryl methyl sites for hydroxylation is 2. The Kier molecular flexibility index (Phi) is 6.53. The lowest BCUT2D eigenvalue weighted by molar-refractivity contribution is 0.188. The summed E-state index contributed by atoms with van der Waals surface area (Å²) in [6.45, 7) is 11.4. The first-order chi connectivity index (χ1) is 26.8. The maximum atomic E-state index is 5.35. The van der Waals surface area contributed by atoms with Crippen LogP contribution in [-0.4, -0.2) is 32.3 Å². The minimum absolute atomic E-state index is 0.0697. The molecule has 11 rings (SSSR count). The summed E-state index contributed by atoms with van der Waals surface area (Å²) < 4.78 is 0. The predicted molar refractivity (Wildman–Crippen MR) is 222 cm³/mol. The van der Waals surface area contributed by atoms with Crippen molar-refractivity contribution in [2.75, 3.05) is 19.6 Å². The molecule has 1 aliphatic carbocycles. The van der Waals surface area contributed by atoms with Crippen LogP contribution in [0.2, 0.25) is 0 Å². The van der Waals surface area contributed by atoms with E-state index in [1.54, 1.807) is 12.4 Å². The average Bonchev–Trinajstić information content (AvgIpc) is 3.70. The molecule has 0 fully saturated rings. The second-order valence-electron chi connectivity index (χ2n) is 15.7. The van der Waals surface area contributed by atoms with Gasteiger partial charge in [0, 0.05) is 45.8 Å². The van der Waals surface area contributed by atoms with Crippen molar-refractivity contribution in [1.82, 2.24) is 19.9 Å². The third kappa shape index (κ3) is 4.16. The van der Waals surface area contributed by atoms with E-state index in [0.717, 1.165) is 57.1 Å². The quantitative estimate of drug-likeness (QED) is 0.178. The van der Waals surface area contributed by atoms with Crippen molar-refractivity contribution in [3.8, 4) is 0 Å². The summed E-state index contributed by atoms with van der Waals surface area (Å²) in [5, 5.41) is 0. The molecule has 0 radical (unpaired) electrons. The molecule has 8 nitrogen and oxygen atoms in total. The number of allylic oxidation sites excluding steroid dienone is 1. The Morgan fingerprint density at radius 3 is 1.87 bits per heavy atom. The number of rotatable bonds is 4. The highest BCUT2D eigenvalue weighted by molar-refractivity contribution is 5.99. The molecule has 3 aliphatic heterocycles. The van der Waals surface area contributed by atoms with Gasteiger partial charge < -0.3 is 19.6 Å². The Balaban J connectivity index is 1.12. The van der Waals surface area contributed by atoms with E-state index < -0.39 is 0 Å². The Morgan fingerprint density at radius 1 is 0.545 bits per heavy atom. The normalized spacial score (nSPS) is 23.1. The lowest BCUT2D eigenvalue weighted by Gasteiger charge is -2.64. The van der Waals surface area contributed by atoms with Crippen LogP contribution >= 0.6 is 0 Å². The Hall–Kier alpha value is -6.54. The van der Waals surface area contributed by atoms with Crippen molar-refractivity contribution in [2.24, 2.45) is 5.41 Å². The summed E-state index contributed by atoms with van der Waals surface area (Å²) in [6.07, 6.45) is 5.95. The molecule has 0 amide bonds. The molecule has 55 heavy (non-hydrogen) atoms. The van der Waals surface area contributed by atoms with Crippen LogP contribution in [0.3, 0.4) is 0 Å². The third-order valence-electron chi connectivity index (χ3n) is 12.7. The van der Waals surface area contributed by atoms with Gasteiger partial charge in [0.25, 0.3) is 0 Å². The van der Waals surface area contributed by atoms with Gasteiger partial charge in [-0.05, 0) is 86.5 Å². The van der Waals surface area contributed by atoms with E-state index in [1.807, 2.05) is 12.1 Å². The number of hydrogen-bond acceptors (Lipinski definition) is 8. The molecule has 0 saturated carbocycles. The number of hydrogen-bond donors (Lipinski definition) is 0. The molecule has 4 atom stereocenters. The molecule has 2 aromatic heterocycles. The average molecular weight is 717 g/mol. The molecule has 0 N–H and O–H groups in total. The third-order valence-corrected chi connectivity index (χ3v) is 12.7. The Labute approximate surface area is 321 Å². The standard InChI is InChI=1S/C47H40N8/c1-29-19-22-33(23-20-29)52-31(3)53(42-41(52)48-25-26-49-42)39-24-21-30(2)27-34(39)36-28-46(4)45-54(32-13-7-6-8-14-32)43-44(51-38-17-11-10-16-37(38)50-43)55(45)40-18-12-9-15-35(40)47(36,46)5/h6-28,31,45H,1-5H3. The van der Waals surface area contributed by atoms with Crippen molar-refractivity contribution in [3.05, 3.63) is 162 Å². The molecule has 8 heteroatoms. The van der Waals surface area contributed by atoms with E-state index >= 15 is 0 Å². The number of aromatic nitrogens is 4. The van der Waals surface area contributed by atoms with Crippen LogP contribution in [0.1, 0.15) is 43.0 Å². The smallest absolute Gasteiger partial charge is 0.179 e. The van der Waals surface area contributed by atoms with Crippen LogP contribution in [-0.2, 0) is 5.41 Å². The summed E-state index contributed by atoms with van der Waals surface area (Å²) in [5.74, 6) is 3.48. The molecular formula is C47H40N8. The number of nitrogens with zero attached hydrogens (tertiary/aromatic N) is 8. The fraction of sp³-hybridized carbons (Fsp3) is 0.191. The minimum Gasteiger partial charge on any atom is -0.302 e. The number of fused-ring (bicyclic) bond motifs is 10. The maximum Gasteiger partial charge on any atom is 0.179 e. The van der Waals surface area contributed by atoms with E-state index in [-0.39, 0.29) is 23.2 Å². The van der Waals surface area contributed by atoms with Crippen LogP contribution in [0.5, 0.6) is 0 Å². The number of para-hydroxylation sites is 4. The molecule has 5 heterocycles. The van der Waals surface area contributed by atoms with Crippen molar-refractivity contribution in [1.29, 1.82) is 0 Å². The monoisotopic (exact) mass is 716 g/mol. The molecule has 268 valence electrons. The van der Waals surface area contributed by atoms with E-state index in [1.165, 1.54) is 27.8 Å².